The van der Waals surface area contributed by atoms with Crippen LogP contribution in [0.5, 0.6) is 5.75 Å². The summed E-state index contributed by atoms with van der Waals surface area (Å²) in [6, 6.07) is 8.30. The summed E-state index contributed by atoms with van der Waals surface area (Å²) in [6.45, 7) is 4.12. The van der Waals surface area contributed by atoms with Gasteiger partial charge < -0.3 is 9.64 Å². The van der Waals surface area contributed by atoms with E-state index in [0.717, 1.165) is 49.2 Å². The molecule has 2 atom stereocenters. The van der Waals surface area contributed by atoms with E-state index in [0.29, 0.717) is 6.61 Å². The first-order valence-electron chi connectivity index (χ1n) is 8.71. The molecule has 1 aromatic heterocycles. The summed E-state index contributed by atoms with van der Waals surface area (Å²) in [5.74, 6) is 1.07. The van der Waals surface area contributed by atoms with Gasteiger partial charge in [-0.05, 0) is 43.4 Å². The van der Waals surface area contributed by atoms with Gasteiger partial charge in [-0.2, -0.15) is 5.10 Å². The van der Waals surface area contributed by atoms with Gasteiger partial charge in [0.1, 0.15) is 12.4 Å². The second-order valence-electron chi connectivity index (χ2n) is 6.90. The number of aryl methyl sites for hydroxylation is 1. The maximum absolute atomic E-state index is 13.0. The number of fused-ring (bicyclic) bond motifs is 1. The third-order valence-electron chi connectivity index (χ3n) is 5.04. The molecule has 0 saturated carbocycles. The number of likely N-dealkylation sites (tertiary alicyclic amines) is 1. The zero-order valence-corrected chi connectivity index (χ0v) is 14.0. The highest BCUT2D eigenvalue weighted by atomic mass is 16.5. The molecule has 24 heavy (non-hydrogen) atoms. The van der Waals surface area contributed by atoms with Crippen LogP contribution >= 0.6 is 0 Å². The van der Waals surface area contributed by atoms with Crippen molar-refractivity contribution >= 4 is 5.91 Å². The van der Waals surface area contributed by atoms with E-state index in [4.69, 9.17) is 4.74 Å². The highest BCUT2D eigenvalue weighted by Crippen LogP contribution is 2.29. The number of carbonyl (C=O) groups excluding carboxylic acids is 1. The maximum atomic E-state index is 13.0. The lowest BCUT2D eigenvalue weighted by Crippen LogP contribution is -2.46. The Bertz CT molecular complexity index is 740. The van der Waals surface area contributed by atoms with Crippen LogP contribution in [0.15, 0.2) is 36.7 Å². The first-order valence-corrected chi connectivity index (χ1v) is 8.71. The lowest BCUT2D eigenvalue weighted by atomic mass is 9.94. The summed E-state index contributed by atoms with van der Waals surface area (Å²) in [6.07, 6.45) is 6.83. The minimum Gasteiger partial charge on any atom is -0.492 e. The largest absolute Gasteiger partial charge is 0.492 e. The number of ether oxygens (including phenoxy) is 1. The van der Waals surface area contributed by atoms with Gasteiger partial charge in [0.05, 0.1) is 18.2 Å². The second kappa shape index (κ2) is 6.30. The quantitative estimate of drug-likeness (QED) is 0.853. The standard InChI is InChI=1S/C19H23N3O2/c1-14-10-20-22(11-14)17-6-4-8-21(12-17)19(23)16-9-15-5-2-3-7-18(15)24-13-16/h2-3,5,7,10-11,16-17H,4,6,8-9,12-13H2,1H3/t16-,17+/m1/s1. The number of aromatic nitrogens is 2. The molecule has 4 rings (SSSR count). The van der Waals surface area contributed by atoms with Crippen molar-refractivity contribution in [2.75, 3.05) is 19.7 Å². The van der Waals surface area contributed by atoms with Crippen LogP contribution in [0.25, 0.3) is 0 Å². The molecule has 1 fully saturated rings. The highest BCUT2D eigenvalue weighted by Gasteiger charge is 2.32. The van der Waals surface area contributed by atoms with Gasteiger partial charge in [-0.25, -0.2) is 0 Å². The predicted molar refractivity (Wildman–Crippen MR) is 90.9 cm³/mol. The van der Waals surface area contributed by atoms with E-state index in [-0.39, 0.29) is 17.9 Å². The van der Waals surface area contributed by atoms with Crippen LogP contribution in [0.2, 0.25) is 0 Å². The molecule has 0 N–H and O–H groups in total. The van der Waals surface area contributed by atoms with Gasteiger partial charge in [-0.15, -0.1) is 0 Å². The SMILES string of the molecule is Cc1cnn([C@H]2CCCN(C(=O)[C@H]3COc4ccccc4C3)C2)c1. The van der Waals surface area contributed by atoms with Crippen molar-refractivity contribution in [2.24, 2.45) is 5.92 Å². The smallest absolute Gasteiger partial charge is 0.229 e. The summed E-state index contributed by atoms with van der Waals surface area (Å²) in [5.41, 5.74) is 2.30. The number of hydrogen-bond donors (Lipinski definition) is 0. The summed E-state index contributed by atoms with van der Waals surface area (Å²) in [7, 11) is 0. The molecule has 1 aromatic carbocycles. The molecule has 1 saturated heterocycles. The second-order valence-corrected chi connectivity index (χ2v) is 6.90. The van der Waals surface area contributed by atoms with Crippen LogP contribution in [0.1, 0.15) is 30.0 Å². The van der Waals surface area contributed by atoms with Gasteiger partial charge >= 0.3 is 0 Å². The molecule has 1 amide bonds. The average Bonchev–Trinajstić information content (AvgIpc) is 3.07. The van der Waals surface area contributed by atoms with Gasteiger partial charge in [0.2, 0.25) is 5.91 Å². The minimum absolute atomic E-state index is 0.0713. The Morgan fingerprint density at radius 2 is 2.21 bits per heavy atom. The van der Waals surface area contributed by atoms with E-state index < -0.39 is 0 Å². The Labute approximate surface area is 142 Å². The van der Waals surface area contributed by atoms with Crippen molar-refractivity contribution in [3.63, 3.8) is 0 Å². The zero-order valence-electron chi connectivity index (χ0n) is 14.0. The van der Waals surface area contributed by atoms with Crippen molar-refractivity contribution in [3.8, 4) is 5.75 Å². The highest BCUT2D eigenvalue weighted by molar-refractivity contribution is 5.80. The Kier molecular flexibility index (Phi) is 4.00. The van der Waals surface area contributed by atoms with Crippen LogP contribution in [-0.2, 0) is 11.2 Å². The van der Waals surface area contributed by atoms with Gasteiger partial charge in [0, 0.05) is 19.3 Å². The number of benzene rings is 1. The molecule has 0 bridgehead atoms. The van der Waals surface area contributed by atoms with E-state index in [2.05, 4.69) is 17.4 Å². The van der Waals surface area contributed by atoms with Crippen LogP contribution < -0.4 is 4.74 Å². The molecule has 0 unspecified atom stereocenters. The van der Waals surface area contributed by atoms with Crippen molar-refractivity contribution in [3.05, 3.63) is 47.8 Å². The molecule has 2 aromatic rings. The van der Waals surface area contributed by atoms with E-state index in [9.17, 15) is 4.79 Å². The van der Waals surface area contributed by atoms with Crippen LogP contribution in [0.4, 0.5) is 0 Å². The Morgan fingerprint density at radius 1 is 1.33 bits per heavy atom. The molecule has 2 aliphatic heterocycles. The summed E-state index contributed by atoms with van der Waals surface area (Å²) in [5, 5.41) is 4.43. The Balaban J connectivity index is 1.45. The third kappa shape index (κ3) is 2.90. The number of hydrogen-bond acceptors (Lipinski definition) is 3. The Morgan fingerprint density at radius 3 is 3.04 bits per heavy atom. The molecular formula is C19H23N3O2. The number of rotatable bonds is 2. The molecule has 5 nitrogen and oxygen atoms in total. The number of piperidine rings is 1. The van der Waals surface area contributed by atoms with Crippen molar-refractivity contribution in [2.45, 2.75) is 32.2 Å². The fraction of sp³-hybridized carbons (Fsp3) is 0.474. The van der Waals surface area contributed by atoms with Crippen molar-refractivity contribution in [1.29, 1.82) is 0 Å². The average molecular weight is 325 g/mol. The third-order valence-corrected chi connectivity index (χ3v) is 5.04. The molecule has 126 valence electrons. The first-order chi connectivity index (χ1) is 11.7. The van der Waals surface area contributed by atoms with E-state index >= 15 is 0 Å². The molecule has 0 radical (unpaired) electrons. The number of nitrogens with zero attached hydrogens (tertiary/aromatic N) is 3. The van der Waals surface area contributed by atoms with Gasteiger partial charge in [0.25, 0.3) is 0 Å². The lowest BCUT2D eigenvalue weighted by Gasteiger charge is -2.36. The fourth-order valence-electron chi connectivity index (χ4n) is 3.75. The summed E-state index contributed by atoms with van der Waals surface area (Å²) < 4.78 is 7.81. The molecule has 5 heteroatoms. The first kappa shape index (κ1) is 15.2. The van der Waals surface area contributed by atoms with E-state index in [1.807, 2.05) is 40.9 Å². The molecule has 2 aliphatic rings. The van der Waals surface area contributed by atoms with Gasteiger partial charge in [0.15, 0.2) is 0 Å². The topological polar surface area (TPSA) is 47.4 Å². The van der Waals surface area contributed by atoms with Crippen molar-refractivity contribution in [1.82, 2.24) is 14.7 Å². The lowest BCUT2D eigenvalue weighted by molar-refractivity contribution is -0.138. The van der Waals surface area contributed by atoms with Crippen LogP contribution in [0.3, 0.4) is 0 Å². The normalized spacial score (nSPS) is 23.5. The predicted octanol–water partition coefficient (Wildman–Crippen LogP) is 2.61. The summed E-state index contributed by atoms with van der Waals surface area (Å²) in [4.78, 5) is 15.0. The number of amides is 1. The van der Waals surface area contributed by atoms with Crippen molar-refractivity contribution < 1.29 is 9.53 Å². The molecular weight excluding hydrogens is 302 g/mol. The van der Waals surface area contributed by atoms with E-state index in [1.165, 1.54) is 0 Å². The van der Waals surface area contributed by atoms with Gasteiger partial charge in [-0.3, -0.25) is 9.48 Å². The monoisotopic (exact) mass is 325 g/mol. The van der Waals surface area contributed by atoms with Crippen LogP contribution in [0, 0.1) is 12.8 Å². The van der Waals surface area contributed by atoms with E-state index in [1.54, 1.807) is 0 Å². The fourth-order valence-corrected chi connectivity index (χ4v) is 3.75. The zero-order chi connectivity index (χ0) is 16.5. The Hall–Kier alpha value is -2.30. The number of para-hydroxylation sites is 1. The molecule has 0 spiro atoms. The van der Waals surface area contributed by atoms with Crippen LogP contribution in [-0.4, -0.2) is 40.3 Å². The maximum Gasteiger partial charge on any atom is 0.229 e. The van der Waals surface area contributed by atoms with Gasteiger partial charge in [-0.1, -0.05) is 18.2 Å². The molecule has 3 heterocycles. The summed E-state index contributed by atoms with van der Waals surface area (Å²) >= 11 is 0. The number of carbonyl (C=O) groups is 1. The molecule has 0 aliphatic carbocycles. The minimum atomic E-state index is -0.0713.